The van der Waals surface area contributed by atoms with Crippen molar-refractivity contribution in [1.82, 2.24) is 4.98 Å². The molecule has 5 heteroatoms. The van der Waals surface area contributed by atoms with Gasteiger partial charge in [-0.05, 0) is 29.8 Å². The van der Waals surface area contributed by atoms with Crippen LogP contribution in [0.2, 0.25) is 0 Å². The highest BCUT2D eigenvalue weighted by Gasteiger charge is 2.22. The second-order valence-corrected chi connectivity index (χ2v) is 6.04. The van der Waals surface area contributed by atoms with Crippen molar-refractivity contribution >= 4 is 22.7 Å². The Balaban J connectivity index is 1.78. The van der Waals surface area contributed by atoms with Gasteiger partial charge in [0.2, 0.25) is 0 Å². The van der Waals surface area contributed by atoms with Crippen LogP contribution in [0.1, 0.15) is 16.1 Å². The number of pyridine rings is 1. The van der Waals surface area contributed by atoms with Crippen LogP contribution < -0.4 is 10.3 Å². The predicted octanol–water partition coefficient (Wildman–Crippen LogP) is 4.04. The van der Waals surface area contributed by atoms with E-state index in [1.54, 1.807) is 42.6 Å². The van der Waals surface area contributed by atoms with E-state index in [4.69, 9.17) is 4.42 Å². The molecule has 2 aromatic heterocycles. The van der Waals surface area contributed by atoms with Crippen molar-refractivity contribution in [2.75, 3.05) is 4.90 Å². The predicted molar refractivity (Wildman–Crippen MR) is 104 cm³/mol. The molecule has 0 bridgehead atoms. The number of fused-ring (bicyclic) bond motifs is 1. The molecule has 0 aliphatic carbocycles. The number of carbonyl (C=O) groups excluding carboxylic acids is 1. The van der Waals surface area contributed by atoms with Gasteiger partial charge >= 0.3 is 0 Å². The Kier molecular flexibility index (Phi) is 4.49. The van der Waals surface area contributed by atoms with Crippen molar-refractivity contribution in [2.24, 2.45) is 0 Å². The zero-order chi connectivity index (χ0) is 18.6. The van der Waals surface area contributed by atoms with Crippen LogP contribution in [0.25, 0.3) is 11.0 Å². The molecule has 2 heterocycles. The smallest absolute Gasteiger partial charge is 0.295 e. The van der Waals surface area contributed by atoms with Crippen molar-refractivity contribution in [1.29, 1.82) is 0 Å². The van der Waals surface area contributed by atoms with Crippen LogP contribution in [-0.2, 0) is 6.54 Å². The first-order valence-electron chi connectivity index (χ1n) is 8.52. The van der Waals surface area contributed by atoms with E-state index in [9.17, 15) is 9.59 Å². The van der Waals surface area contributed by atoms with Gasteiger partial charge in [-0.25, -0.2) is 4.98 Å². The molecule has 0 saturated carbocycles. The molecule has 4 rings (SSSR count). The van der Waals surface area contributed by atoms with Gasteiger partial charge in [-0.2, -0.15) is 0 Å². The van der Waals surface area contributed by atoms with Crippen LogP contribution in [-0.4, -0.2) is 10.9 Å². The Labute approximate surface area is 155 Å². The Hall–Kier alpha value is -3.73. The Morgan fingerprint density at radius 1 is 0.926 bits per heavy atom. The molecule has 0 aliphatic heterocycles. The molecule has 0 fully saturated rings. The number of anilines is 1. The summed E-state index contributed by atoms with van der Waals surface area (Å²) in [6.45, 7) is 0.313. The molecule has 0 N–H and O–H groups in total. The number of hydrogen-bond donors (Lipinski definition) is 0. The molecule has 0 radical (unpaired) electrons. The summed E-state index contributed by atoms with van der Waals surface area (Å²) in [6, 6.07) is 23.1. The highest BCUT2D eigenvalue weighted by Crippen LogP contribution is 2.19. The van der Waals surface area contributed by atoms with Crippen molar-refractivity contribution < 1.29 is 9.21 Å². The molecule has 1 amide bonds. The largest absolute Gasteiger partial charge is 0.451 e. The average molecular weight is 356 g/mol. The lowest BCUT2D eigenvalue weighted by molar-refractivity contribution is 0.0958. The van der Waals surface area contributed by atoms with Crippen molar-refractivity contribution in [2.45, 2.75) is 6.54 Å². The third kappa shape index (κ3) is 3.48. The number of amides is 1. The Morgan fingerprint density at radius 2 is 1.67 bits per heavy atom. The lowest BCUT2D eigenvalue weighted by Crippen LogP contribution is -2.31. The SMILES string of the molecule is O=C(c1cc(=O)c2ccccc2o1)N(Cc1ccccc1)c1ccccn1. The number of carbonyl (C=O) groups is 1. The topological polar surface area (TPSA) is 63.4 Å². The van der Waals surface area contributed by atoms with Gasteiger partial charge < -0.3 is 4.42 Å². The standard InChI is InChI=1S/C22H16N2O3/c25-18-14-20(27-19-11-5-4-10-17(18)19)22(26)24(21-12-6-7-13-23-21)15-16-8-2-1-3-9-16/h1-14H,15H2. The van der Waals surface area contributed by atoms with Crippen LogP contribution in [0.15, 0.2) is 94.3 Å². The fourth-order valence-electron chi connectivity index (χ4n) is 2.88. The molecule has 0 saturated heterocycles. The molecule has 0 atom stereocenters. The van der Waals surface area contributed by atoms with E-state index in [1.165, 1.54) is 11.0 Å². The maximum Gasteiger partial charge on any atom is 0.295 e. The molecular formula is C22H16N2O3. The third-order valence-electron chi connectivity index (χ3n) is 4.20. The minimum Gasteiger partial charge on any atom is -0.451 e. The van der Waals surface area contributed by atoms with Crippen LogP contribution in [0.5, 0.6) is 0 Å². The molecule has 5 nitrogen and oxygen atoms in total. The maximum atomic E-state index is 13.2. The first-order valence-corrected chi connectivity index (χ1v) is 8.52. The van der Waals surface area contributed by atoms with E-state index in [0.717, 1.165) is 5.56 Å². The first kappa shape index (κ1) is 16.7. The van der Waals surface area contributed by atoms with Crippen molar-refractivity contribution in [3.8, 4) is 0 Å². The minimum atomic E-state index is -0.416. The van der Waals surface area contributed by atoms with E-state index in [1.807, 2.05) is 36.4 Å². The second-order valence-electron chi connectivity index (χ2n) is 6.04. The summed E-state index contributed by atoms with van der Waals surface area (Å²) >= 11 is 0. The summed E-state index contributed by atoms with van der Waals surface area (Å²) in [4.78, 5) is 31.4. The van der Waals surface area contributed by atoms with Crippen LogP contribution in [0.3, 0.4) is 0 Å². The average Bonchev–Trinajstić information content (AvgIpc) is 2.73. The van der Waals surface area contributed by atoms with E-state index in [-0.39, 0.29) is 11.2 Å². The molecule has 0 spiro atoms. The van der Waals surface area contributed by atoms with Gasteiger partial charge in [0.1, 0.15) is 11.4 Å². The molecule has 132 valence electrons. The van der Waals surface area contributed by atoms with Gasteiger partial charge in [0.25, 0.3) is 5.91 Å². The second kappa shape index (κ2) is 7.25. The number of rotatable bonds is 4. The Morgan fingerprint density at radius 3 is 2.44 bits per heavy atom. The molecule has 4 aromatic rings. The number of aromatic nitrogens is 1. The number of benzene rings is 2. The zero-order valence-corrected chi connectivity index (χ0v) is 14.4. The molecule has 2 aromatic carbocycles. The lowest BCUT2D eigenvalue weighted by Gasteiger charge is -2.21. The first-order chi connectivity index (χ1) is 13.2. The third-order valence-corrected chi connectivity index (χ3v) is 4.20. The minimum absolute atomic E-state index is 0.0136. The van der Waals surface area contributed by atoms with Crippen molar-refractivity contribution in [3.63, 3.8) is 0 Å². The number of nitrogens with zero attached hydrogens (tertiary/aromatic N) is 2. The fourth-order valence-corrected chi connectivity index (χ4v) is 2.88. The van der Waals surface area contributed by atoms with Crippen LogP contribution >= 0.6 is 0 Å². The summed E-state index contributed by atoms with van der Waals surface area (Å²) in [5, 5.41) is 0.446. The zero-order valence-electron chi connectivity index (χ0n) is 14.4. The maximum absolute atomic E-state index is 13.2. The van der Waals surface area contributed by atoms with Gasteiger partial charge in [0.15, 0.2) is 11.2 Å². The normalized spacial score (nSPS) is 10.7. The van der Waals surface area contributed by atoms with Crippen LogP contribution in [0.4, 0.5) is 5.82 Å². The molecule has 27 heavy (non-hydrogen) atoms. The molecule has 0 aliphatic rings. The monoisotopic (exact) mass is 356 g/mol. The summed E-state index contributed by atoms with van der Waals surface area (Å²) in [5.41, 5.74) is 1.08. The lowest BCUT2D eigenvalue weighted by atomic mass is 10.2. The van der Waals surface area contributed by atoms with Gasteiger partial charge in [-0.15, -0.1) is 0 Å². The Bertz CT molecular complexity index is 1140. The van der Waals surface area contributed by atoms with Gasteiger partial charge in [0, 0.05) is 12.3 Å². The summed E-state index contributed by atoms with van der Waals surface area (Å²) < 4.78 is 5.73. The number of hydrogen-bond acceptors (Lipinski definition) is 4. The highest BCUT2D eigenvalue weighted by molar-refractivity contribution is 6.04. The van der Waals surface area contributed by atoms with Crippen molar-refractivity contribution in [3.05, 3.63) is 107 Å². The number of para-hydroxylation sites is 1. The van der Waals surface area contributed by atoms with E-state index in [0.29, 0.717) is 23.3 Å². The van der Waals surface area contributed by atoms with Gasteiger partial charge in [-0.3, -0.25) is 14.5 Å². The van der Waals surface area contributed by atoms with Gasteiger partial charge in [0.05, 0.1) is 11.9 Å². The molecular weight excluding hydrogens is 340 g/mol. The molecule has 0 unspecified atom stereocenters. The quantitative estimate of drug-likeness (QED) is 0.554. The summed E-state index contributed by atoms with van der Waals surface area (Å²) in [6.07, 6.45) is 1.62. The fraction of sp³-hybridized carbons (Fsp3) is 0.0455. The highest BCUT2D eigenvalue weighted by atomic mass is 16.3. The van der Waals surface area contributed by atoms with Gasteiger partial charge in [-0.1, -0.05) is 48.5 Å². The van der Waals surface area contributed by atoms with E-state index >= 15 is 0 Å². The van der Waals surface area contributed by atoms with E-state index in [2.05, 4.69) is 4.98 Å². The summed E-state index contributed by atoms with van der Waals surface area (Å²) in [5.74, 6) is 0.0582. The summed E-state index contributed by atoms with van der Waals surface area (Å²) in [7, 11) is 0. The van der Waals surface area contributed by atoms with E-state index < -0.39 is 5.91 Å². The van der Waals surface area contributed by atoms with Crippen LogP contribution in [0, 0.1) is 0 Å².